The summed E-state index contributed by atoms with van der Waals surface area (Å²) >= 11 is 0. The molecule has 3 N–H and O–H groups in total. The molecule has 0 unspecified atom stereocenters. The van der Waals surface area contributed by atoms with Crippen molar-refractivity contribution < 1.29 is 19.1 Å². The van der Waals surface area contributed by atoms with Gasteiger partial charge in [0, 0.05) is 23.7 Å². The summed E-state index contributed by atoms with van der Waals surface area (Å²) in [6.45, 7) is 3.66. The quantitative estimate of drug-likeness (QED) is 0.558. The summed E-state index contributed by atoms with van der Waals surface area (Å²) in [5, 5.41) is 16.9. The molecule has 158 valence electrons. The number of phenolic OH excluding ortho intramolecular Hbond substituents is 1. The number of aromatic nitrogens is 1. The van der Waals surface area contributed by atoms with Gasteiger partial charge in [0.2, 0.25) is 0 Å². The SMILES string of the molecule is Cc1cccnc1NC(=O)c1oc2c(c1C)/C(=N/NC(=O)c1ccccc1O)CCC2. The highest BCUT2D eigenvalue weighted by Crippen LogP contribution is 2.30. The fourth-order valence-electron chi connectivity index (χ4n) is 3.62. The molecule has 0 spiro atoms. The number of hydrogen-bond acceptors (Lipinski definition) is 6. The molecule has 0 aliphatic heterocycles. The highest BCUT2D eigenvalue weighted by atomic mass is 16.4. The molecule has 31 heavy (non-hydrogen) atoms. The molecular weight excluding hydrogens is 396 g/mol. The Morgan fingerprint density at radius 2 is 1.90 bits per heavy atom. The van der Waals surface area contributed by atoms with E-state index in [1.165, 1.54) is 12.1 Å². The van der Waals surface area contributed by atoms with Crippen LogP contribution in [0.1, 0.15) is 56.2 Å². The van der Waals surface area contributed by atoms with E-state index in [2.05, 4.69) is 20.8 Å². The lowest BCUT2D eigenvalue weighted by atomic mass is 9.93. The van der Waals surface area contributed by atoms with Crippen molar-refractivity contribution in [2.45, 2.75) is 33.1 Å². The van der Waals surface area contributed by atoms with Gasteiger partial charge in [-0.05, 0) is 50.5 Å². The van der Waals surface area contributed by atoms with Crippen LogP contribution in [-0.4, -0.2) is 27.6 Å². The Labute approximate surface area is 179 Å². The van der Waals surface area contributed by atoms with Gasteiger partial charge in [0.1, 0.15) is 17.3 Å². The maximum atomic E-state index is 12.8. The number of aromatic hydroxyl groups is 1. The number of para-hydroxylation sites is 1. The zero-order valence-corrected chi connectivity index (χ0v) is 17.2. The Morgan fingerprint density at radius 1 is 1.10 bits per heavy atom. The van der Waals surface area contributed by atoms with Crippen LogP contribution in [0.25, 0.3) is 0 Å². The summed E-state index contributed by atoms with van der Waals surface area (Å²) < 4.78 is 5.88. The van der Waals surface area contributed by atoms with E-state index < -0.39 is 5.91 Å². The summed E-state index contributed by atoms with van der Waals surface area (Å²) in [6, 6.07) is 9.92. The number of rotatable bonds is 4. The second-order valence-electron chi connectivity index (χ2n) is 7.35. The van der Waals surface area contributed by atoms with E-state index in [1.54, 1.807) is 31.3 Å². The number of aryl methyl sites for hydroxylation is 2. The van der Waals surface area contributed by atoms with Crippen molar-refractivity contribution in [2.24, 2.45) is 5.10 Å². The average Bonchev–Trinajstić information content (AvgIpc) is 3.11. The third kappa shape index (κ3) is 4.05. The van der Waals surface area contributed by atoms with Crippen molar-refractivity contribution in [3.63, 3.8) is 0 Å². The highest BCUT2D eigenvalue weighted by Gasteiger charge is 2.28. The van der Waals surface area contributed by atoms with Gasteiger partial charge in [0.05, 0.1) is 11.3 Å². The van der Waals surface area contributed by atoms with Crippen LogP contribution in [0.3, 0.4) is 0 Å². The highest BCUT2D eigenvalue weighted by molar-refractivity contribution is 6.09. The molecule has 1 aromatic carbocycles. The van der Waals surface area contributed by atoms with Gasteiger partial charge in [-0.25, -0.2) is 10.4 Å². The number of pyridine rings is 1. The smallest absolute Gasteiger partial charge is 0.292 e. The Balaban J connectivity index is 1.59. The van der Waals surface area contributed by atoms with Gasteiger partial charge >= 0.3 is 0 Å². The van der Waals surface area contributed by atoms with Crippen LogP contribution in [0.2, 0.25) is 0 Å². The lowest BCUT2D eigenvalue weighted by molar-refractivity contribution is 0.0950. The molecule has 1 aliphatic carbocycles. The molecule has 2 heterocycles. The number of amides is 2. The van der Waals surface area contributed by atoms with E-state index in [-0.39, 0.29) is 23.0 Å². The molecule has 0 radical (unpaired) electrons. The van der Waals surface area contributed by atoms with Crippen LogP contribution in [0.4, 0.5) is 5.82 Å². The van der Waals surface area contributed by atoms with Crippen LogP contribution >= 0.6 is 0 Å². The third-order valence-electron chi connectivity index (χ3n) is 5.21. The van der Waals surface area contributed by atoms with Crippen LogP contribution in [0.5, 0.6) is 5.75 Å². The van der Waals surface area contributed by atoms with Gasteiger partial charge in [-0.1, -0.05) is 18.2 Å². The second-order valence-corrected chi connectivity index (χ2v) is 7.35. The largest absolute Gasteiger partial charge is 0.507 e. The Kier molecular flexibility index (Phi) is 5.53. The zero-order chi connectivity index (χ0) is 22.0. The van der Waals surface area contributed by atoms with E-state index in [0.29, 0.717) is 35.7 Å². The third-order valence-corrected chi connectivity index (χ3v) is 5.21. The minimum absolute atomic E-state index is 0.118. The number of anilines is 1. The number of nitrogens with zero attached hydrogens (tertiary/aromatic N) is 2. The van der Waals surface area contributed by atoms with Gasteiger partial charge < -0.3 is 14.8 Å². The van der Waals surface area contributed by atoms with E-state index >= 15 is 0 Å². The first-order valence-electron chi connectivity index (χ1n) is 9.96. The number of fused-ring (bicyclic) bond motifs is 1. The van der Waals surface area contributed by atoms with Crippen molar-refractivity contribution in [1.82, 2.24) is 10.4 Å². The van der Waals surface area contributed by atoms with Crippen molar-refractivity contribution in [3.8, 4) is 5.75 Å². The zero-order valence-electron chi connectivity index (χ0n) is 17.2. The molecule has 8 nitrogen and oxygen atoms in total. The van der Waals surface area contributed by atoms with Crippen LogP contribution in [-0.2, 0) is 6.42 Å². The fraction of sp³-hybridized carbons (Fsp3) is 0.217. The normalized spacial score (nSPS) is 14.2. The Hall–Kier alpha value is -3.94. The van der Waals surface area contributed by atoms with Crippen LogP contribution in [0, 0.1) is 13.8 Å². The standard InChI is InChI=1S/C23H22N4O4/c1-13-7-6-12-24-21(13)25-23(30)20-14(2)19-16(9-5-11-18(19)31-20)26-27-22(29)15-8-3-4-10-17(15)28/h3-4,6-8,10,12,28H,5,9,11H2,1-2H3,(H,27,29)(H,24,25,30)/b26-16+. The molecule has 0 atom stereocenters. The van der Waals surface area contributed by atoms with Crippen LogP contribution < -0.4 is 10.7 Å². The van der Waals surface area contributed by atoms with E-state index in [9.17, 15) is 14.7 Å². The predicted molar refractivity (Wildman–Crippen MR) is 115 cm³/mol. The fourth-order valence-corrected chi connectivity index (χ4v) is 3.62. The van der Waals surface area contributed by atoms with Crippen molar-refractivity contribution in [2.75, 3.05) is 5.32 Å². The average molecular weight is 418 g/mol. The minimum atomic E-state index is -0.512. The number of carbonyl (C=O) groups excluding carboxylic acids is 2. The second kappa shape index (κ2) is 8.43. The molecule has 4 rings (SSSR count). The molecule has 8 heteroatoms. The lowest BCUT2D eigenvalue weighted by Gasteiger charge is -2.13. The molecule has 2 amide bonds. The van der Waals surface area contributed by atoms with Crippen molar-refractivity contribution in [3.05, 3.63) is 76.4 Å². The molecular formula is C23H22N4O4. The molecule has 1 aliphatic rings. The van der Waals surface area contributed by atoms with E-state index in [4.69, 9.17) is 4.42 Å². The molecule has 0 fully saturated rings. The first-order valence-corrected chi connectivity index (χ1v) is 9.96. The number of furan rings is 1. The molecule has 0 saturated heterocycles. The Morgan fingerprint density at radius 3 is 2.68 bits per heavy atom. The summed E-state index contributed by atoms with van der Waals surface area (Å²) in [6.07, 6.45) is 3.71. The van der Waals surface area contributed by atoms with Gasteiger partial charge in [0.25, 0.3) is 11.8 Å². The predicted octanol–water partition coefficient (Wildman–Crippen LogP) is 3.72. The number of hydrogen-bond donors (Lipinski definition) is 3. The number of nitrogens with one attached hydrogen (secondary N) is 2. The lowest BCUT2D eigenvalue weighted by Crippen LogP contribution is -2.22. The van der Waals surface area contributed by atoms with Gasteiger partial charge in [-0.15, -0.1) is 0 Å². The van der Waals surface area contributed by atoms with Gasteiger partial charge in [-0.3, -0.25) is 9.59 Å². The number of benzene rings is 1. The topological polar surface area (TPSA) is 117 Å². The summed E-state index contributed by atoms with van der Waals surface area (Å²) in [5.74, 6) is 0.338. The summed E-state index contributed by atoms with van der Waals surface area (Å²) in [4.78, 5) is 29.4. The number of hydrazone groups is 1. The molecule has 2 aromatic heterocycles. The summed E-state index contributed by atoms with van der Waals surface area (Å²) in [5.41, 5.74) is 5.53. The molecule has 0 saturated carbocycles. The maximum absolute atomic E-state index is 12.8. The van der Waals surface area contributed by atoms with Crippen LogP contribution in [0.15, 0.2) is 52.1 Å². The van der Waals surface area contributed by atoms with E-state index in [1.807, 2.05) is 13.0 Å². The van der Waals surface area contributed by atoms with Crippen molar-refractivity contribution >= 4 is 23.3 Å². The Bertz CT molecular complexity index is 1200. The monoisotopic (exact) mass is 418 g/mol. The number of phenols is 1. The van der Waals surface area contributed by atoms with Gasteiger partial charge in [0.15, 0.2) is 5.76 Å². The molecule has 0 bridgehead atoms. The van der Waals surface area contributed by atoms with Crippen molar-refractivity contribution in [1.29, 1.82) is 0 Å². The first kappa shape index (κ1) is 20.3. The number of carbonyl (C=O) groups is 2. The molecule has 3 aromatic rings. The summed E-state index contributed by atoms with van der Waals surface area (Å²) in [7, 11) is 0. The maximum Gasteiger partial charge on any atom is 0.292 e. The minimum Gasteiger partial charge on any atom is -0.507 e. The van der Waals surface area contributed by atoms with E-state index in [0.717, 1.165) is 17.5 Å². The van der Waals surface area contributed by atoms with Gasteiger partial charge in [-0.2, -0.15) is 5.10 Å². The first-order chi connectivity index (χ1) is 15.0.